The van der Waals surface area contributed by atoms with Crippen LogP contribution in [0.3, 0.4) is 0 Å². The number of rotatable bonds is 2. The van der Waals surface area contributed by atoms with Crippen LogP contribution < -0.4 is 5.73 Å². The molecule has 0 amide bonds. The minimum Gasteiger partial charge on any atom is -0.507 e. The van der Waals surface area contributed by atoms with Gasteiger partial charge in [0.2, 0.25) is 0 Å². The summed E-state index contributed by atoms with van der Waals surface area (Å²) >= 11 is 0. The minimum atomic E-state index is -4.51. The molecule has 0 heterocycles. The number of benzene rings is 3. The van der Waals surface area contributed by atoms with Crippen LogP contribution >= 0.6 is 0 Å². The lowest BCUT2D eigenvalue weighted by Crippen LogP contribution is -2.03. The van der Waals surface area contributed by atoms with Gasteiger partial charge in [-0.1, -0.05) is 36.4 Å². The van der Waals surface area contributed by atoms with E-state index < -0.39 is 15.0 Å². The third kappa shape index (κ3) is 2.38. The van der Waals surface area contributed by atoms with Crippen molar-refractivity contribution >= 4 is 26.6 Å². The smallest absolute Gasteiger partial charge is 0.296 e. The number of hydrogen-bond donors (Lipinski definition) is 3. The fourth-order valence-corrected chi connectivity index (χ4v) is 3.07. The van der Waals surface area contributed by atoms with Gasteiger partial charge < -0.3 is 10.8 Å². The number of nitrogen functional groups attached to an aromatic ring is 1. The zero-order chi connectivity index (χ0) is 15.9. The van der Waals surface area contributed by atoms with Crippen molar-refractivity contribution in [3.05, 3.63) is 54.6 Å². The van der Waals surface area contributed by atoms with Gasteiger partial charge in [0.25, 0.3) is 10.1 Å². The SMILES string of the molecule is Nc1c(S(=O)(=O)O)cc(O)c2ccc(-c3ccccc3)cc12. The molecule has 0 aromatic heterocycles. The lowest BCUT2D eigenvalue weighted by Gasteiger charge is -2.11. The molecule has 0 aliphatic carbocycles. The molecule has 0 spiro atoms. The van der Waals surface area contributed by atoms with Crippen molar-refractivity contribution in [1.82, 2.24) is 0 Å². The first-order valence-corrected chi connectivity index (χ1v) is 7.90. The second-order valence-electron chi connectivity index (χ2n) is 4.91. The molecule has 0 saturated carbocycles. The summed E-state index contributed by atoms with van der Waals surface area (Å²) in [4.78, 5) is -0.497. The van der Waals surface area contributed by atoms with Gasteiger partial charge in [0.05, 0.1) is 5.69 Å². The monoisotopic (exact) mass is 315 g/mol. The second-order valence-corrected chi connectivity index (χ2v) is 6.30. The standard InChI is InChI=1S/C16H13NO4S/c17-16-13-8-11(10-4-2-1-3-5-10)6-7-12(13)14(18)9-15(16)22(19,20)21/h1-9,18H,17H2,(H,19,20,21). The van der Waals surface area contributed by atoms with Crippen LogP contribution in [0.15, 0.2) is 59.5 Å². The van der Waals surface area contributed by atoms with E-state index in [2.05, 4.69) is 0 Å². The van der Waals surface area contributed by atoms with Crippen LogP contribution in [0.5, 0.6) is 5.75 Å². The molecule has 0 aliphatic heterocycles. The predicted octanol–water partition coefficient (Wildman–Crippen LogP) is 3.04. The lowest BCUT2D eigenvalue weighted by molar-refractivity contribution is 0.471. The molecular formula is C16H13NO4S. The molecule has 0 aliphatic rings. The Morgan fingerprint density at radius 2 is 1.55 bits per heavy atom. The fraction of sp³-hybridized carbons (Fsp3) is 0. The molecule has 6 heteroatoms. The van der Waals surface area contributed by atoms with Crippen molar-refractivity contribution in [3.63, 3.8) is 0 Å². The second kappa shape index (κ2) is 5.01. The van der Waals surface area contributed by atoms with E-state index in [4.69, 9.17) is 5.73 Å². The Balaban J connectivity index is 2.34. The van der Waals surface area contributed by atoms with Gasteiger partial charge in [-0.2, -0.15) is 8.42 Å². The van der Waals surface area contributed by atoms with E-state index in [1.54, 1.807) is 12.1 Å². The molecule has 0 bridgehead atoms. The van der Waals surface area contributed by atoms with Gasteiger partial charge in [-0.15, -0.1) is 0 Å². The number of fused-ring (bicyclic) bond motifs is 1. The van der Waals surface area contributed by atoms with Crippen molar-refractivity contribution in [2.75, 3.05) is 5.73 Å². The highest BCUT2D eigenvalue weighted by Gasteiger charge is 2.19. The van der Waals surface area contributed by atoms with Crippen molar-refractivity contribution in [2.45, 2.75) is 4.90 Å². The number of nitrogens with two attached hydrogens (primary N) is 1. The summed E-state index contributed by atoms with van der Waals surface area (Å²) < 4.78 is 32.0. The molecule has 3 rings (SSSR count). The highest BCUT2D eigenvalue weighted by Crippen LogP contribution is 2.37. The van der Waals surface area contributed by atoms with Gasteiger partial charge in [0.15, 0.2) is 0 Å². The summed E-state index contributed by atoms with van der Waals surface area (Å²) in [5.41, 5.74) is 7.54. The van der Waals surface area contributed by atoms with Crippen LogP contribution in [-0.2, 0) is 10.1 Å². The van der Waals surface area contributed by atoms with Crippen LogP contribution in [-0.4, -0.2) is 18.1 Å². The Labute approximate surface area is 127 Å². The van der Waals surface area contributed by atoms with E-state index in [1.807, 2.05) is 36.4 Å². The summed E-state index contributed by atoms with van der Waals surface area (Å²) in [6.07, 6.45) is 0. The Morgan fingerprint density at radius 1 is 0.864 bits per heavy atom. The van der Waals surface area contributed by atoms with Gasteiger partial charge in [-0.3, -0.25) is 4.55 Å². The van der Waals surface area contributed by atoms with Crippen molar-refractivity contribution in [3.8, 4) is 16.9 Å². The first-order chi connectivity index (χ1) is 10.4. The molecule has 0 radical (unpaired) electrons. The number of phenols is 1. The summed E-state index contributed by atoms with van der Waals surface area (Å²) in [5, 5.41) is 10.8. The molecule has 5 nitrogen and oxygen atoms in total. The number of hydrogen-bond acceptors (Lipinski definition) is 4. The van der Waals surface area contributed by atoms with Gasteiger partial charge in [0, 0.05) is 16.8 Å². The van der Waals surface area contributed by atoms with Crippen LogP contribution in [0, 0.1) is 0 Å². The summed E-state index contributed by atoms with van der Waals surface area (Å²) in [5.74, 6) is -0.253. The van der Waals surface area contributed by atoms with Gasteiger partial charge in [-0.05, 0) is 23.3 Å². The highest BCUT2D eigenvalue weighted by atomic mass is 32.2. The molecule has 3 aromatic rings. The first-order valence-electron chi connectivity index (χ1n) is 6.46. The van der Waals surface area contributed by atoms with Crippen molar-refractivity contribution in [1.29, 1.82) is 0 Å². The number of phenolic OH excluding ortho intramolecular Hbond substituents is 1. The van der Waals surface area contributed by atoms with E-state index in [0.29, 0.717) is 10.8 Å². The molecule has 0 fully saturated rings. The molecule has 0 atom stereocenters. The summed E-state index contributed by atoms with van der Waals surface area (Å²) in [6.45, 7) is 0. The topological polar surface area (TPSA) is 101 Å². The first kappa shape index (κ1) is 14.4. The summed E-state index contributed by atoms with van der Waals surface area (Å²) in [7, 11) is -4.51. The average molecular weight is 315 g/mol. The zero-order valence-corrected chi connectivity index (χ0v) is 12.2. The van der Waals surface area contributed by atoms with Crippen LogP contribution in [0.4, 0.5) is 5.69 Å². The molecule has 3 aromatic carbocycles. The quantitative estimate of drug-likeness (QED) is 0.383. The summed E-state index contributed by atoms with van der Waals surface area (Å²) in [6, 6.07) is 15.6. The fourth-order valence-electron chi connectivity index (χ4n) is 2.43. The van der Waals surface area contributed by atoms with Gasteiger partial charge in [-0.25, -0.2) is 0 Å². The van der Waals surface area contributed by atoms with Crippen molar-refractivity contribution in [2.24, 2.45) is 0 Å². The Hall–Kier alpha value is -2.57. The minimum absolute atomic E-state index is 0.0897. The average Bonchev–Trinajstić information content (AvgIpc) is 2.50. The van der Waals surface area contributed by atoms with Crippen LogP contribution in [0.1, 0.15) is 0 Å². The zero-order valence-electron chi connectivity index (χ0n) is 11.4. The van der Waals surface area contributed by atoms with Crippen LogP contribution in [0.25, 0.3) is 21.9 Å². The van der Waals surface area contributed by atoms with Crippen molar-refractivity contribution < 1.29 is 18.1 Å². The Morgan fingerprint density at radius 3 is 2.18 bits per heavy atom. The normalized spacial score (nSPS) is 11.7. The maximum absolute atomic E-state index is 11.4. The maximum atomic E-state index is 11.4. The largest absolute Gasteiger partial charge is 0.507 e. The number of anilines is 1. The van der Waals surface area contributed by atoms with Crippen LogP contribution in [0.2, 0.25) is 0 Å². The highest BCUT2D eigenvalue weighted by molar-refractivity contribution is 7.86. The Kier molecular flexibility index (Phi) is 3.27. The number of aromatic hydroxyl groups is 1. The molecule has 4 N–H and O–H groups in total. The molecule has 22 heavy (non-hydrogen) atoms. The predicted molar refractivity (Wildman–Crippen MR) is 85.3 cm³/mol. The van der Waals surface area contributed by atoms with E-state index in [9.17, 15) is 18.1 Å². The molecule has 0 saturated heterocycles. The molecule has 0 unspecified atom stereocenters. The third-order valence-electron chi connectivity index (χ3n) is 3.50. The Bertz CT molecular complexity index is 966. The third-order valence-corrected chi connectivity index (χ3v) is 4.40. The van der Waals surface area contributed by atoms with Gasteiger partial charge in [0.1, 0.15) is 10.6 Å². The maximum Gasteiger partial charge on any atom is 0.296 e. The lowest BCUT2D eigenvalue weighted by atomic mass is 10.00. The molecular weight excluding hydrogens is 302 g/mol. The van der Waals surface area contributed by atoms with E-state index >= 15 is 0 Å². The molecule has 112 valence electrons. The van der Waals surface area contributed by atoms with E-state index in [1.165, 1.54) is 0 Å². The van der Waals surface area contributed by atoms with Gasteiger partial charge >= 0.3 is 0 Å². The van der Waals surface area contributed by atoms with E-state index in [-0.39, 0.29) is 11.4 Å². The van der Waals surface area contributed by atoms with E-state index in [0.717, 1.165) is 17.2 Å².